The Bertz CT molecular complexity index is 896. The van der Waals surface area contributed by atoms with Crippen LogP contribution >= 0.6 is 0 Å². The van der Waals surface area contributed by atoms with Crippen molar-refractivity contribution in [3.05, 3.63) is 65.7 Å². The fourth-order valence-corrected chi connectivity index (χ4v) is 2.48. The van der Waals surface area contributed by atoms with E-state index in [9.17, 15) is 24.6 Å². The number of nitrogens with two attached hydrogens (primary N) is 1. The summed E-state index contributed by atoms with van der Waals surface area (Å²) in [6, 6.07) is 13.7. The Hall–Kier alpha value is -3.72. The zero-order valence-corrected chi connectivity index (χ0v) is 15.6. The first-order chi connectivity index (χ1) is 13.8. The summed E-state index contributed by atoms with van der Waals surface area (Å²) in [5.74, 6) is 1.56. The number of carboxylic acid groups (broad SMARTS) is 1. The molecule has 5 N–H and O–H groups in total. The van der Waals surface area contributed by atoms with Crippen LogP contribution in [-0.2, 0) is 9.59 Å². The highest BCUT2D eigenvalue weighted by atomic mass is 16.5. The number of hydrogen-bond acceptors (Lipinski definition) is 7. The van der Waals surface area contributed by atoms with Gasteiger partial charge in [0.15, 0.2) is 0 Å². The molecule has 0 radical (unpaired) electrons. The zero-order chi connectivity index (χ0) is 21.4. The lowest BCUT2D eigenvalue weighted by molar-refractivity contribution is -0.165. The summed E-state index contributed by atoms with van der Waals surface area (Å²) in [7, 11) is 0. The summed E-state index contributed by atoms with van der Waals surface area (Å²) < 4.78 is 5.45. The summed E-state index contributed by atoms with van der Waals surface area (Å²) in [6.07, 6.45) is -0.300. The molecule has 0 aromatic heterocycles. The molecule has 2 aromatic rings. The van der Waals surface area contributed by atoms with Crippen LogP contribution in [0.15, 0.2) is 59.7 Å². The van der Waals surface area contributed by atoms with Gasteiger partial charge in [0.05, 0.1) is 12.3 Å². The molecule has 0 aliphatic carbocycles. The van der Waals surface area contributed by atoms with E-state index in [0.29, 0.717) is 5.56 Å². The molecule has 2 unspecified atom stereocenters. The molecule has 0 bridgehead atoms. The number of hydrogen-bond donors (Lipinski definition) is 4. The molecule has 152 valence electrons. The summed E-state index contributed by atoms with van der Waals surface area (Å²) in [6.45, 7) is 1.33. The van der Waals surface area contributed by atoms with Crippen molar-refractivity contribution >= 4 is 23.9 Å². The van der Waals surface area contributed by atoms with Crippen molar-refractivity contribution in [3.8, 4) is 5.75 Å². The molecule has 0 spiro atoms. The van der Waals surface area contributed by atoms with Gasteiger partial charge in [-0.25, -0.2) is 4.79 Å². The van der Waals surface area contributed by atoms with E-state index in [4.69, 9.17) is 10.6 Å². The van der Waals surface area contributed by atoms with Crippen molar-refractivity contribution in [3.63, 3.8) is 0 Å². The summed E-state index contributed by atoms with van der Waals surface area (Å²) in [4.78, 5) is 37.5. The van der Waals surface area contributed by atoms with Gasteiger partial charge in [-0.3, -0.25) is 14.9 Å². The molecular weight excluding hydrogens is 378 g/mol. The van der Waals surface area contributed by atoms with E-state index in [1.54, 1.807) is 30.3 Å². The largest absolute Gasteiger partial charge is 0.476 e. The minimum Gasteiger partial charge on any atom is -0.476 e. The zero-order valence-electron chi connectivity index (χ0n) is 15.6. The minimum absolute atomic E-state index is 0.0589. The molecule has 2 rings (SSSR count). The molecular formula is C20H21N3O6. The predicted molar refractivity (Wildman–Crippen MR) is 104 cm³/mol. The van der Waals surface area contributed by atoms with Gasteiger partial charge in [0.1, 0.15) is 5.75 Å². The molecule has 0 aliphatic heterocycles. The number of aliphatic hydroxyl groups is 1. The van der Waals surface area contributed by atoms with Gasteiger partial charge in [-0.2, -0.15) is 5.10 Å². The first-order valence-electron chi connectivity index (χ1n) is 8.63. The van der Waals surface area contributed by atoms with E-state index in [1.165, 1.54) is 37.4 Å². The number of aliphatic carboxylic acids is 1. The number of amides is 1. The maximum Gasteiger partial charge on any atom is 0.378 e. The maximum absolute atomic E-state index is 12.7. The van der Waals surface area contributed by atoms with Gasteiger partial charge >= 0.3 is 11.7 Å². The van der Waals surface area contributed by atoms with Crippen LogP contribution in [0.25, 0.3) is 0 Å². The fourth-order valence-electron chi connectivity index (χ4n) is 2.48. The third kappa shape index (κ3) is 5.39. The number of nitrogens with zero attached hydrogens (tertiary/aromatic N) is 1. The Morgan fingerprint density at radius 2 is 1.79 bits per heavy atom. The second-order valence-corrected chi connectivity index (χ2v) is 6.23. The standard InChI is InChI=1S/C20H21N3O6/c1-13(24)11-17(25)20(19(27)28,29-16-5-3-2-4-6-16)23-18(26)15-9-7-14(8-10-15)12-22-21/h2-10,12-13,24H,11,21H2,1H3,(H,23,26)(H,27,28). The van der Waals surface area contributed by atoms with Crippen LogP contribution in [0, 0.1) is 0 Å². The first-order valence-corrected chi connectivity index (χ1v) is 8.63. The van der Waals surface area contributed by atoms with Gasteiger partial charge < -0.3 is 20.8 Å². The quantitative estimate of drug-likeness (QED) is 0.161. The third-order valence-corrected chi connectivity index (χ3v) is 3.87. The smallest absolute Gasteiger partial charge is 0.378 e. The van der Waals surface area contributed by atoms with Crippen LogP contribution in [0.1, 0.15) is 29.3 Å². The number of ketones is 1. The molecule has 2 atom stereocenters. The summed E-state index contributed by atoms with van der Waals surface area (Å²) in [5.41, 5.74) is -2.00. The Balaban J connectivity index is 2.40. The molecule has 2 aromatic carbocycles. The van der Waals surface area contributed by atoms with Crippen LogP contribution < -0.4 is 15.9 Å². The molecule has 0 aliphatic rings. The summed E-state index contributed by atoms with van der Waals surface area (Å²) in [5, 5.41) is 24.9. The molecule has 0 saturated carbocycles. The molecule has 9 heteroatoms. The van der Waals surface area contributed by atoms with Crippen molar-refractivity contribution in [2.45, 2.75) is 25.2 Å². The van der Waals surface area contributed by atoms with Crippen LogP contribution in [0.3, 0.4) is 0 Å². The summed E-state index contributed by atoms with van der Waals surface area (Å²) >= 11 is 0. The monoisotopic (exact) mass is 399 g/mol. The van der Waals surface area contributed by atoms with E-state index >= 15 is 0 Å². The normalized spacial score (nSPS) is 14.0. The van der Waals surface area contributed by atoms with Gasteiger partial charge in [0, 0.05) is 12.0 Å². The number of carboxylic acids is 1. The third-order valence-electron chi connectivity index (χ3n) is 3.87. The van der Waals surface area contributed by atoms with Crippen molar-refractivity contribution in [2.24, 2.45) is 10.9 Å². The van der Waals surface area contributed by atoms with Crippen molar-refractivity contribution in [1.29, 1.82) is 0 Å². The number of ether oxygens (including phenoxy) is 1. The van der Waals surface area contributed by atoms with E-state index in [0.717, 1.165) is 0 Å². The van der Waals surface area contributed by atoms with Gasteiger partial charge in [-0.1, -0.05) is 30.3 Å². The number of nitrogens with one attached hydrogen (secondary N) is 1. The molecule has 1 amide bonds. The predicted octanol–water partition coefficient (Wildman–Crippen LogP) is 0.909. The molecule has 29 heavy (non-hydrogen) atoms. The van der Waals surface area contributed by atoms with E-state index in [-0.39, 0.29) is 11.3 Å². The average molecular weight is 399 g/mol. The van der Waals surface area contributed by atoms with Gasteiger partial charge in [-0.15, -0.1) is 0 Å². The highest BCUT2D eigenvalue weighted by Crippen LogP contribution is 2.21. The Morgan fingerprint density at radius 1 is 1.17 bits per heavy atom. The van der Waals surface area contributed by atoms with E-state index in [1.807, 2.05) is 0 Å². The molecule has 0 heterocycles. The van der Waals surface area contributed by atoms with Crippen LogP contribution in [-0.4, -0.2) is 45.9 Å². The fraction of sp³-hybridized carbons (Fsp3) is 0.200. The van der Waals surface area contributed by atoms with Crippen LogP contribution in [0.2, 0.25) is 0 Å². The van der Waals surface area contributed by atoms with Gasteiger partial charge in [0.25, 0.3) is 5.91 Å². The van der Waals surface area contributed by atoms with Crippen molar-refractivity contribution in [1.82, 2.24) is 5.32 Å². The lowest BCUT2D eigenvalue weighted by Crippen LogP contribution is -2.64. The number of rotatable bonds is 9. The Labute approximate surface area is 166 Å². The number of Topliss-reactive ketones (excluding diaryl/α,β-unsaturated/α-hetero) is 1. The van der Waals surface area contributed by atoms with E-state index < -0.39 is 35.9 Å². The van der Waals surface area contributed by atoms with E-state index in [2.05, 4.69) is 10.4 Å². The molecule has 0 saturated heterocycles. The topological polar surface area (TPSA) is 151 Å². The van der Waals surface area contributed by atoms with Crippen molar-refractivity contribution in [2.75, 3.05) is 0 Å². The molecule has 9 nitrogen and oxygen atoms in total. The highest BCUT2D eigenvalue weighted by Gasteiger charge is 2.50. The number of benzene rings is 2. The first kappa shape index (κ1) is 21.6. The number of carbonyl (C=O) groups is 3. The number of carbonyl (C=O) groups excluding carboxylic acids is 2. The Morgan fingerprint density at radius 3 is 2.31 bits per heavy atom. The number of aliphatic hydroxyl groups excluding tert-OH is 1. The van der Waals surface area contributed by atoms with Gasteiger partial charge in [-0.05, 0) is 36.8 Å². The second kappa shape index (κ2) is 9.47. The lowest BCUT2D eigenvalue weighted by Gasteiger charge is -2.30. The number of hydrazone groups is 1. The SMILES string of the molecule is CC(O)CC(=O)C(NC(=O)c1ccc(C=NN)cc1)(Oc1ccccc1)C(=O)O. The lowest BCUT2D eigenvalue weighted by atomic mass is 10.0. The van der Waals surface area contributed by atoms with Crippen LogP contribution in [0.5, 0.6) is 5.75 Å². The van der Waals surface area contributed by atoms with Crippen molar-refractivity contribution < 1.29 is 29.3 Å². The number of para-hydroxylation sites is 1. The minimum atomic E-state index is -2.72. The van der Waals surface area contributed by atoms with Gasteiger partial charge in [0.2, 0.25) is 5.78 Å². The highest BCUT2D eigenvalue weighted by molar-refractivity contribution is 6.11. The second-order valence-electron chi connectivity index (χ2n) is 6.23. The van der Waals surface area contributed by atoms with Crippen LogP contribution in [0.4, 0.5) is 0 Å². The Kier molecular flexibility index (Phi) is 7.05. The average Bonchev–Trinajstić information content (AvgIpc) is 2.68. The molecule has 0 fully saturated rings. The maximum atomic E-state index is 12.7.